The number of fused-ring (bicyclic) bond motifs is 3. The number of hydrogen-bond donors (Lipinski definition) is 9. The van der Waals surface area contributed by atoms with E-state index in [-0.39, 0.29) is 118 Å². The van der Waals surface area contributed by atoms with Gasteiger partial charge in [-0.05, 0) is 229 Å². The number of alkyl halides is 7. The molecule has 0 bridgehead atoms. The zero-order valence-electron chi connectivity index (χ0n) is 83.0. The molecular weight excluding hydrogens is 2040 g/mol. The van der Waals surface area contributed by atoms with Crippen LogP contribution in [0.4, 0.5) is 61.2 Å². The normalized spacial score (nSPS) is 11.7. The molecule has 6 aromatic heterocycles. The molecule has 45 heteroatoms. The molecule has 6 aromatic carbocycles. The van der Waals surface area contributed by atoms with Crippen molar-refractivity contribution in [3.05, 3.63) is 258 Å². The zero-order valence-corrected chi connectivity index (χ0v) is 89.8. The molecule has 0 saturated heterocycles. The smallest absolute Gasteiger partial charge is 0.793 e. The Morgan fingerprint density at radius 1 is 0.476 bits per heavy atom. The average molecular weight is 2150 g/mol. The van der Waals surface area contributed by atoms with E-state index in [1.54, 1.807) is 141 Å². The number of nitrogens with one attached hydrogen (secondary N) is 7. The summed E-state index contributed by atoms with van der Waals surface area (Å²) in [6.07, 6.45) is 5.28. The Morgan fingerprint density at radius 3 is 1.07 bits per heavy atom. The van der Waals surface area contributed by atoms with Crippen LogP contribution in [-0.2, 0) is 61.1 Å². The van der Waals surface area contributed by atoms with Crippen LogP contribution in [0.25, 0.3) is 50.2 Å². The summed E-state index contributed by atoms with van der Waals surface area (Å²) in [5.74, 6) is -3.79. The minimum Gasteiger partial charge on any atom is -0.793 e. The fraction of sp³-hybridized carbons (Fsp3) is 0.300. The second kappa shape index (κ2) is 60.5. The van der Waals surface area contributed by atoms with Crippen molar-refractivity contribution in [1.29, 1.82) is 0 Å². The van der Waals surface area contributed by atoms with Gasteiger partial charge in [0.1, 0.15) is 6.29 Å². The van der Waals surface area contributed by atoms with Crippen molar-refractivity contribution in [3.63, 3.8) is 0 Å². The second-order valence-electron chi connectivity index (χ2n) is 34.2. The largest absolute Gasteiger partial charge is 1.00 e. The number of nitrogens with two attached hydrogens (primary N) is 1. The third-order valence-corrected chi connectivity index (χ3v) is 23.5. The Bertz CT molecular complexity index is 6520. The van der Waals surface area contributed by atoms with Crippen molar-refractivity contribution in [3.8, 4) is 17.1 Å². The number of nitrogens with zero attached hydrogens (tertiary/aromatic N) is 9. The topological polar surface area (TPSA) is 409 Å². The standard InChI is InChI=1S/C32H38F2N6O2S.C26H25F2N5O3S.C26H23F2N5O3S.C6H15N.C4H4BrClO.C4H6O4.C2H3BO2.Na/c1-20(32(2,3)4)35-19-21-12-13-25-24(17-21)37-31(38-30(42)27-15-14-26(43-27)29(33)34)40(25)23-10-7-9-22(18-23)36-28(41)11-8-16-39(5)6;2*1-32(2)12-4-7-23(35)29-17-5-3-6-18(14-17)33-20-9-8-16(15-34)13-19(20)30-26(33)31-25(36)22-11-10-21(37-22)24(27)28;1-5(7)6(2,3)4;5-3-1-2-4(6)7;1-3(5)7-8-4(2)6;1-2(4)5-3;/h7-15,17-18,20,29,35H,16,19H2,1-6H3,(H,36,41)(H,37,38,42);3-11,13-14,24,34H,12,15H2,1-2H3,(H,29,35)(H,30,31,36);3-11,13-15,24H,12H2,1-2H3,(H,29,35)(H,30,31,36);5H,7H2,1-4H3;1-2H,3H2;1-2H3;1H3;/q;;;;;;-1;+1/b11-8+;2*7-4+;;2-1+;;;/t20-;;;5-;;;;/m0..0..../s1. The molecule has 6 heterocycles. The second-order valence-corrected chi connectivity index (χ2v) is 38.6. The van der Waals surface area contributed by atoms with E-state index < -0.39 is 60.1 Å². The summed E-state index contributed by atoms with van der Waals surface area (Å²) in [5.41, 5.74) is 15.0. The summed E-state index contributed by atoms with van der Waals surface area (Å²) in [7, 11) is 15.7. The van der Waals surface area contributed by atoms with Crippen molar-refractivity contribution in [2.45, 2.75) is 121 Å². The molecule has 2 atom stereocenters. The Labute approximate surface area is 884 Å². The summed E-state index contributed by atoms with van der Waals surface area (Å²) in [5, 5.41) is 30.0. The number of allylic oxidation sites excluding steroid dienone is 2. The first-order valence-electron chi connectivity index (χ1n) is 43.9. The molecule has 0 aliphatic heterocycles. The number of amides is 6. The van der Waals surface area contributed by atoms with Gasteiger partial charge in [-0.25, -0.2) is 60.7 Å². The fourth-order valence-corrected chi connectivity index (χ4v) is 14.1. The van der Waals surface area contributed by atoms with E-state index in [0.717, 1.165) is 36.3 Å². The number of carbonyl (C=O) groups excluding carboxylic acids is 11. The van der Waals surface area contributed by atoms with Crippen molar-refractivity contribution in [2.24, 2.45) is 16.6 Å². The number of aldehydes is 1. The predicted molar refractivity (Wildman–Crippen MR) is 559 cm³/mol. The number of imidazole rings is 3. The van der Waals surface area contributed by atoms with Crippen LogP contribution in [0.2, 0.25) is 0 Å². The maximum absolute atomic E-state index is 13.2. The number of halogens is 8. The maximum Gasteiger partial charge on any atom is 1.00 e. The third kappa shape index (κ3) is 41.9. The Morgan fingerprint density at radius 2 is 0.800 bits per heavy atom. The first-order chi connectivity index (χ1) is 67.9. The molecule has 0 aliphatic carbocycles. The third-order valence-electron chi connectivity index (χ3n) is 19.7. The Hall–Kier alpha value is -12.5. The van der Waals surface area contributed by atoms with Gasteiger partial charge < -0.3 is 59.5 Å². The predicted octanol–water partition coefficient (Wildman–Crippen LogP) is 16.6. The number of carbonyl (C=O) groups is 11. The number of rotatable bonds is 31. The van der Waals surface area contributed by atoms with Gasteiger partial charge in [-0.2, -0.15) is 0 Å². The van der Waals surface area contributed by atoms with E-state index in [0.29, 0.717) is 139 Å². The van der Waals surface area contributed by atoms with Gasteiger partial charge in [0.2, 0.25) is 46.8 Å². The number of benzene rings is 6. The monoisotopic (exact) mass is 2150 g/mol. The molecule has 12 rings (SSSR count). The fourth-order valence-electron chi connectivity index (χ4n) is 11.6. The summed E-state index contributed by atoms with van der Waals surface area (Å²) in [6.45, 7) is 23.0. The van der Waals surface area contributed by atoms with Crippen LogP contribution in [-0.4, -0.2) is 201 Å². The van der Waals surface area contributed by atoms with Crippen LogP contribution in [0.5, 0.6) is 0 Å². The number of hydrogen-bond acceptors (Lipinski definition) is 26. The number of aliphatic hydroxyl groups is 1. The summed E-state index contributed by atoms with van der Waals surface area (Å²) >= 11 is 10.1. The number of likely N-dealkylation sites (N-methyl/N-ethyl adjacent to an activating group) is 3. The van der Waals surface area contributed by atoms with E-state index >= 15 is 0 Å². The first-order valence-corrected chi connectivity index (χ1v) is 47.9. The molecule has 6 amide bonds. The van der Waals surface area contributed by atoms with Gasteiger partial charge in [0, 0.05) is 105 Å². The van der Waals surface area contributed by atoms with Crippen molar-refractivity contribution in [2.75, 3.05) is 99.2 Å². The van der Waals surface area contributed by atoms with Gasteiger partial charge in [0.05, 0.1) is 86.0 Å². The van der Waals surface area contributed by atoms with Gasteiger partial charge >= 0.3 is 41.5 Å². The summed E-state index contributed by atoms with van der Waals surface area (Å²) in [6, 6.07) is 45.5. The molecule has 145 heavy (non-hydrogen) atoms. The maximum atomic E-state index is 13.2. The molecule has 12 aromatic rings. The van der Waals surface area contributed by atoms with E-state index in [4.69, 9.17) is 22.3 Å². The van der Waals surface area contributed by atoms with Crippen molar-refractivity contribution >= 4 is 202 Å². The minimum atomic E-state index is -2.67. The minimum absolute atomic E-state index is 0. The molecule has 0 spiro atoms. The van der Waals surface area contributed by atoms with E-state index in [9.17, 15) is 84.2 Å². The van der Waals surface area contributed by atoms with Crippen LogP contribution < -0.4 is 72.5 Å². The Balaban J connectivity index is 0.000000337. The number of anilines is 6. The Kier molecular flexibility index (Phi) is 51.3. The summed E-state index contributed by atoms with van der Waals surface area (Å²) < 4.78 is 87.1. The molecular formula is C100H114BBrClF6N17NaO15S3. The van der Waals surface area contributed by atoms with Crippen LogP contribution in [0.3, 0.4) is 0 Å². The van der Waals surface area contributed by atoms with Gasteiger partial charge in [0.15, 0.2) is 0 Å². The quantitative estimate of drug-likeness (QED) is 0.00285. The number of aliphatic hydroxyl groups excluding tert-OH is 1. The molecule has 0 saturated carbocycles. The SMILES string of the molecule is CC(=O)OOC(C)=O.CN(C)C/C=C/C(=O)Nc1cccc(-n2c(NC(=O)c3ccc(C(F)F)s3)nc3cc(C=O)ccc32)c1.CN(C)C/C=C/C(=O)Nc1cccc(-n2c(NC(=O)c3ccc(C(F)F)s3)nc3cc(CO)ccc32)c1.C[C@H](N)C(C)(C)C.C[C@H](NCc1ccc2c(c1)nc(NC(=O)c1ccc(C(F)F)s1)n2-c1cccc(NC(=O)/C=C/CN(C)C)c1)C(C)(C)C.O=C(Cl)/C=C/CBr.[B-]OC(C)=O.[Na+]. The van der Waals surface area contributed by atoms with E-state index in [1.165, 1.54) is 67.6 Å². The first kappa shape index (κ1) is 123. The van der Waals surface area contributed by atoms with Crippen molar-refractivity contribution in [1.82, 2.24) is 48.7 Å². The molecule has 10 N–H and O–H groups in total. The van der Waals surface area contributed by atoms with E-state index in [2.05, 4.69) is 134 Å². The number of aromatic nitrogens is 6. The van der Waals surface area contributed by atoms with Crippen LogP contribution >= 0.6 is 61.5 Å². The van der Waals surface area contributed by atoms with Crippen LogP contribution in [0.1, 0.15) is 161 Å². The zero-order chi connectivity index (χ0) is 107. The van der Waals surface area contributed by atoms with Crippen LogP contribution in [0.15, 0.2) is 212 Å². The molecule has 0 fully saturated rings. The molecule has 767 valence electrons. The average Bonchev–Trinajstić information content (AvgIpc) is 1.62. The van der Waals surface area contributed by atoms with Gasteiger partial charge in [-0.3, -0.25) is 72.8 Å². The molecule has 3 radical (unpaired) electrons. The molecule has 0 aliphatic rings. The van der Waals surface area contributed by atoms with Gasteiger partial charge in [0.25, 0.3) is 37.0 Å². The van der Waals surface area contributed by atoms with Gasteiger partial charge in [-0.15, -0.1) is 34.0 Å². The molecule has 0 unspecified atom stereocenters. The molecule has 32 nitrogen and oxygen atoms in total. The summed E-state index contributed by atoms with van der Waals surface area (Å²) in [4.78, 5) is 153. The number of thiophene rings is 3. The van der Waals surface area contributed by atoms with Crippen molar-refractivity contribution < 1.29 is 128 Å². The van der Waals surface area contributed by atoms with Crippen LogP contribution in [0, 0.1) is 10.8 Å². The van der Waals surface area contributed by atoms with E-state index in [1.807, 2.05) is 88.2 Å². The van der Waals surface area contributed by atoms with Gasteiger partial charge in [-0.1, -0.05) is 112 Å².